The lowest BCUT2D eigenvalue weighted by molar-refractivity contribution is 0.0104. The van der Waals surface area contributed by atoms with Crippen LogP contribution in [0.15, 0.2) is 42.5 Å². The minimum atomic E-state index is -0.174. The van der Waals surface area contributed by atoms with Crippen LogP contribution in [0, 0.1) is 5.92 Å². The lowest BCUT2D eigenvalue weighted by Crippen LogP contribution is -2.55. The normalized spacial score (nSPS) is 25.4. The molecule has 2 aromatic rings. The number of piperidine rings is 1. The molecule has 1 heterocycles. The van der Waals surface area contributed by atoms with Gasteiger partial charge in [-0.3, -0.25) is 9.69 Å². The number of likely N-dealkylation sites (tertiary alicyclic amines) is 1. The number of ketones is 1. The minimum Gasteiger partial charge on any atom is -0.504 e. The van der Waals surface area contributed by atoms with Gasteiger partial charge in [-0.15, -0.1) is 0 Å². The van der Waals surface area contributed by atoms with Gasteiger partial charge in [0, 0.05) is 23.6 Å². The fraction of sp³-hybridized carbons (Fsp3) is 0.435. The first-order valence-electron chi connectivity index (χ1n) is 9.76. The number of methoxy groups -OCH3 is 1. The summed E-state index contributed by atoms with van der Waals surface area (Å²) in [5.74, 6) is 0.561. The molecule has 2 aliphatic rings. The Balaban J connectivity index is 1.64. The lowest BCUT2D eigenvalue weighted by atomic mass is 9.75. The molecule has 0 saturated carbocycles. The summed E-state index contributed by atoms with van der Waals surface area (Å²) < 4.78 is 5.24. The van der Waals surface area contributed by atoms with Crippen molar-refractivity contribution in [2.24, 2.45) is 5.92 Å². The lowest BCUT2D eigenvalue weighted by Gasteiger charge is -2.48. The molecule has 0 amide bonds. The number of Topliss-reactive ketones (excluding diaryl/α,β-unsaturated/α-hetero) is 1. The highest BCUT2D eigenvalue weighted by Crippen LogP contribution is 2.44. The molecule has 1 aliphatic heterocycles. The summed E-state index contributed by atoms with van der Waals surface area (Å²) in [4.78, 5) is 15.8. The molecule has 4 heteroatoms. The SMILES string of the molecule is COc1cc2c(cc1O)C(=O)C(C1(C)CCCCN1Cc1ccccc1)C2. The summed E-state index contributed by atoms with van der Waals surface area (Å²) >= 11 is 0. The number of rotatable bonds is 4. The molecule has 2 aromatic carbocycles. The van der Waals surface area contributed by atoms with Gasteiger partial charge in [-0.2, -0.15) is 0 Å². The molecule has 27 heavy (non-hydrogen) atoms. The first-order chi connectivity index (χ1) is 13.0. The van der Waals surface area contributed by atoms with E-state index in [1.54, 1.807) is 13.2 Å². The molecular formula is C23H27NO3. The highest BCUT2D eigenvalue weighted by molar-refractivity contribution is 6.03. The van der Waals surface area contributed by atoms with E-state index in [0.717, 1.165) is 31.5 Å². The molecule has 0 radical (unpaired) electrons. The van der Waals surface area contributed by atoms with Crippen molar-refractivity contribution in [2.75, 3.05) is 13.7 Å². The second-order valence-electron chi connectivity index (χ2n) is 8.02. The fourth-order valence-electron chi connectivity index (χ4n) is 4.83. The maximum absolute atomic E-state index is 13.3. The zero-order valence-corrected chi connectivity index (χ0v) is 16.1. The van der Waals surface area contributed by atoms with Crippen molar-refractivity contribution in [3.8, 4) is 11.5 Å². The predicted octanol–water partition coefficient (Wildman–Crippen LogP) is 4.20. The van der Waals surface area contributed by atoms with Gasteiger partial charge in [-0.05, 0) is 56.0 Å². The minimum absolute atomic E-state index is 0.0418. The zero-order chi connectivity index (χ0) is 19.0. The van der Waals surface area contributed by atoms with Crippen LogP contribution >= 0.6 is 0 Å². The Labute approximate surface area is 160 Å². The molecule has 0 aromatic heterocycles. The fourth-order valence-corrected chi connectivity index (χ4v) is 4.83. The number of fused-ring (bicyclic) bond motifs is 1. The Morgan fingerprint density at radius 2 is 2.00 bits per heavy atom. The molecular weight excluding hydrogens is 338 g/mol. The molecule has 4 nitrogen and oxygen atoms in total. The third-order valence-corrected chi connectivity index (χ3v) is 6.46. The van der Waals surface area contributed by atoms with Crippen molar-refractivity contribution in [1.82, 2.24) is 4.90 Å². The Hall–Kier alpha value is -2.33. The molecule has 1 aliphatic carbocycles. The van der Waals surface area contributed by atoms with Crippen LogP contribution in [0.4, 0.5) is 0 Å². The monoisotopic (exact) mass is 365 g/mol. The van der Waals surface area contributed by atoms with Crippen LogP contribution in [0.25, 0.3) is 0 Å². The summed E-state index contributed by atoms with van der Waals surface area (Å²) in [6.07, 6.45) is 4.06. The van der Waals surface area contributed by atoms with E-state index in [4.69, 9.17) is 4.74 Å². The van der Waals surface area contributed by atoms with Gasteiger partial charge in [0.25, 0.3) is 0 Å². The zero-order valence-electron chi connectivity index (χ0n) is 16.1. The van der Waals surface area contributed by atoms with E-state index in [0.29, 0.717) is 17.7 Å². The highest BCUT2D eigenvalue weighted by Gasteiger charge is 2.48. The molecule has 4 rings (SSSR count). The van der Waals surface area contributed by atoms with Gasteiger partial charge in [0.2, 0.25) is 0 Å². The van der Waals surface area contributed by atoms with E-state index in [1.165, 1.54) is 12.0 Å². The number of nitrogens with zero attached hydrogens (tertiary/aromatic N) is 1. The third-order valence-electron chi connectivity index (χ3n) is 6.46. The van der Waals surface area contributed by atoms with E-state index in [1.807, 2.05) is 12.1 Å². The number of hydrogen-bond donors (Lipinski definition) is 1. The van der Waals surface area contributed by atoms with Gasteiger partial charge in [-0.25, -0.2) is 0 Å². The van der Waals surface area contributed by atoms with Gasteiger partial charge in [0.1, 0.15) is 0 Å². The molecule has 1 N–H and O–H groups in total. The standard InChI is InChI=1S/C23H27NO3/c1-23(10-6-7-11-24(23)15-16-8-4-3-5-9-16)19-12-17-13-21(27-2)20(25)14-18(17)22(19)26/h3-5,8-9,13-14,19,25H,6-7,10-12,15H2,1-2H3. The summed E-state index contributed by atoms with van der Waals surface area (Å²) in [5.41, 5.74) is 2.76. The Bertz CT molecular complexity index is 848. The van der Waals surface area contributed by atoms with Crippen LogP contribution in [0.3, 0.4) is 0 Å². The van der Waals surface area contributed by atoms with Crippen LogP contribution in [0.5, 0.6) is 11.5 Å². The Morgan fingerprint density at radius 3 is 2.74 bits per heavy atom. The summed E-state index contributed by atoms with van der Waals surface area (Å²) in [7, 11) is 1.54. The number of carbonyl (C=O) groups excluding carboxylic acids is 1. The quantitative estimate of drug-likeness (QED) is 0.882. The smallest absolute Gasteiger partial charge is 0.168 e. The van der Waals surface area contributed by atoms with Crippen molar-refractivity contribution < 1.29 is 14.6 Å². The average Bonchev–Trinajstić information content (AvgIpc) is 3.00. The number of hydrogen-bond acceptors (Lipinski definition) is 4. The number of phenols is 1. The van der Waals surface area contributed by atoms with Crippen molar-refractivity contribution in [3.63, 3.8) is 0 Å². The second-order valence-corrected chi connectivity index (χ2v) is 8.02. The number of carbonyl (C=O) groups is 1. The van der Waals surface area contributed by atoms with Crippen LogP contribution < -0.4 is 4.74 Å². The number of aromatic hydroxyl groups is 1. The largest absolute Gasteiger partial charge is 0.504 e. The van der Waals surface area contributed by atoms with Gasteiger partial charge in [-0.1, -0.05) is 36.8 Å². The molecule has 0 spiro atoms. The maximum atomic E-state index is 13.3. The van der Waals surface area contributed by atoms with E-state index >= 15 is 0 Å². The average molecular weight is 365 g/mol. The van der Waals surface area contributed by atoms with E-state index in [-0.39, 0.29) is 23.0 Å². The number of benzene rings is 2. The summed E-state index contributed by atoms with van der Waals surface area (Å²) in [6.45, 7) is 4.13. The first kappa shape index (κ1) is 18.1. The van der Waals surface area contributed by atoms with Crippen molar-refractivity contribution >= 4 is 5.78 Å². The summed E-state index contributed by atoms with van der Waals surface area (Å²) in [6, 6.07) is 13.9. The molecule has 2 atom stereocenters. The van der Waals surface area contributed by atoms with E-state index in [2.05, 4.69) is 36.1 Å². The van der Waals surface area contributed by atoms with Crippen molar-refractivity contribution in [2.45, 2.75) is 44.7 Å². The molecule has 1 fully saturated rings. The number of ether oxygens (including phenoxy) is 1. The summed E-state index contributed by atoms with van der Waals surface area (Å²) in [5, 5.41) is 10.1. The number of phenolic OH excluding ortho intramolecular Hbond substituents is 1. The topological polar surface area (TPSA) is 49.8 Å². The van der Waals surface area contributed by atoms with Gasteiger partial charge >= 0.3 is 0 Å². The Morgan fingerprint density at radius 1 is 1.22 bits per heavy atom. The van der Waals surface area contributed by atoms with Gasteiger partial charge in [0.15, 0.2) is 17.3 Å². The highest BCUT2D eigenvalue weighted by atomic mass is 16.5. The van der Waals surface area contributed by atoms with Crippen molar-refractivity contribution in [1.29, 1.82) is 0 Å². The molecule has 142 valence electrons. The third kappa shape index (κ3) is 3.12. The van der Waals surface area contributed by atoms with E-state index < -0.39 is 0 Å². The van der Waals surface area contributed by atoms with Crippen LogP contribution in [-0.2, 0) is 13.0 Å². The van der Waals surface area contributed by atoms with Gasteiger partial charge in [0.05, 0.1) is 7.11 Å². The molecule has 1 saturated heterocycles. The van der Waals surface area contributed by atoms with Crippen LogP contribution in [-0.4, -0.2) is 35.0 Å². The molecule has 0 bridgehead atoms. The van der Waals surface area contributed by atoms with Crippen LogP contribution in [0.2, 0.25) is 0 Å². The van der Waals surface area contributed by atoms with Gasteiger partial charge < -0.3 is 9.84 Å². The first-order valence-corrected chi connectivity index (χ1v) is 9.76. The van der Waals surface area contributed by atoms with E-state index in [9.17, 15) is 9.90 Å². The van der Waals surface area contributed by atoms with Crippen LogP contribution in [0.1, 0.15) is 47.7 Å². The predicted molar refractivity (Wildman–Crippen MR) is 105 cm³/mol. The molecule has 2 unspecified atom stereocenters. The Kier molecular flexibility index (Phi) is 4.68. The second kappa shape index (κ2) is 7.01. The maximum Gasteiger partial charge on any atom is 0.168 e. The van der Waals surface area contributed by atoms with Crippen molar-refractivity contribution in [3.05, 3.63) is 59.2 Å².